The Balaban J connectivity index is 1.61. The molecule has 0 aromatic heterocycles. The average molecular weight is 483 g/mol. The van der Waals surface area contributed by atoms with Crippen molar-refractivity contribution in [2.75, 3.05) is 0 Å². The number of hydrogen-bond acceptors (Lipinski definition) is 1. The van der Waals surface area contributed by atoms with Gasteiger partial charge in [0, 0.05) is 0 Å². The van der Waals surface area contributed by atoms with Crippen LogP contribution in [0.3, 0.4) is 0 Å². The molecule has 1 nitrogen and oxygen atoms in total. The van der Waals surface area contributed by atoms with Crippen LogP contribution in [0.4, 0.5) is 0 Å². The SMILES string of the molecule is CC1=CCCC(C)(C)[C@@H]1CCc1ccc(O[Si](c2ccccc2)(c2ccccc2)C(C)(C)C)cc1. The molecule has 0 aliphatic heterocycles. The van der Waals surface area contributed by atoms with Gasteiger partial charge in [0.1, 0.15) is 5.75 Å². The largest absolute Gasteiger partial charge is 0.534 e. The highest BCUT2D eigenvalue weighted by atomic mass is 28.4. The van der Waals surface area contributed by atoms with Crippen LogP contribution < -0.4 is 14.8 Å². The summed E-state index contributed by atoms with van der Waals surface area (Å²) in [4.78, 5) is 0. The lowest BCUT2D eigenvalue weighted by Crippen LogP contribution is -2.68. The molecule has 0 bridgehead atoms. The highest BCUT2D eigenvalue weighted by Crippen LogP contribution is 2.43. The first-order chi connectivity index (χ1) is 16.6. The topological polar surface area (TPSA) is 9.23 Å². The van der Waals surface area contributed by atoms with E-state index in [1.54, 1.807) is 5.57 Å². The number of hydrogen-bond donors (Lipinski definition) is 0. The lowest BCUT2D eigenvalue weighted by Gasteiger charge is -2.43. The minimum atomic E-state index is -2.59. The Bertz CT molecular complexity index is 1080. The third-order valence-electron chi connectivity index (χ3n) is 8.08. The second-order valence-electron chi connectivity index (χ2n) is 12.0. The first-order valence-corrected chi connectivity index (χ1v) is 15.1. The highest BCUT2D eigenvalue weighted by molar-refractivity contribution is 7.00. The predicted molar refractivity (Wildman–Crippen MR) is 153 cm³/mol. The van der Waals surface area contributed by atoms with E-state index in [1.807, 2.05) is 0 Å². The predicted octanol–water partition coefficient (Wildman–Crippen LogP) is 7.94. The molecule has 3 aromatic carbocycles. The van der Waals surface area contributed by atoms with Gasteiger partial charge in [-0.1, -0.05) is 119 Å². The van der Waals surface area contributed by atoms with Crippen molar-refractivity contribution < 1.29 is 4.43 Å². The van der Waals surface area contributed by atoms with Crippen LogP contribution in [-0.4, -0.2) is 8.32 Å². The van der Waals surface area contributed by atoms with Gasteiger partial charge in [-0.2, -0.15) is 0 Å². The van der Waals surface area contributed by atoms with Crippen molar-refractivity contribution in [3.8, 4) is 5.75 Å². The molecule has 0 amide bonds. The summed E-state index contributed by atoms with van der Waals surface area (Å²) in [6.45, 7) is 14.2. The van der Waals surface area contributed by atoms with Crippen LogP contribution in [0.2, 0.25) is 5.04 Å². The molecular weight excluding hydrogens is 440 g/mol. The molecule has 1 aliphatic carbocycles. The Morgan fingerprint density at radius 2 is 1.37 bits per heavy atom. The Labute approximate surface area is 214 Å². The van der Waals surface area contributed by atoms with E-state index in [0.29, 0.717) is 11.3 Å². The van der Waals surface area contributed by atoms with E-state index in [9.17, 15) is 0 Å². The fourth-order valence-corrected chi connectivity index (χ4v) is 10.5. The Kier molecular flexibility index (Phi) is 7.42. The van der Waals surface area contributed by atoms with Gasteiger partial charge in [-0.05, 0) is 77.0 Å². The molecule has 0 spiro atoms. The zero-order valence-electron chi connectivity index (χ0n) is 22.5. The Morgan fingerprint density at radius 3 is 1.86 bits per heavy atom. The summed E-state index contributed by atoms with van der Waals surface area (Å²) in [7, 11) is -2.59. The number of benzene rings is 3. The summed E-state index contributed by atoms with van der Waals surface area (Å²) >= 11 is 0. The average Bonchev–Trinajstić information content (AvgIpc) is 2.83. The van der Waals surface area contributed by atoms with Gasteiger partial charge in [0.15, 0.2) is 0 Å². The van der Waals surface area contributed by atoms with Gasteiger partial charge in [-0.25, -0.2) is 0 Å². The molecule has 184 valence electrons. The van der Waals surface area contributed by atoms with Crippen LogP contribution in [0.15, 0.2) is 96.6 Å². The molecule has 0 saturated heterocycles. The molecular formula is C33H42OSi. The second-order valence-corrected chi connectivity index (χ2v) is 16.2. The van der Waals surface area contributed by atoms with Gasteiger partial charge in [-0.15, -0.1) is 0 Å². The number of aryl methyl sites for hydroxylation is 1. The quantitative estimate of drug-likeness (QED) is 0.245. The fraction of sp³-hybridized carbons (Fsp3) is 0.394. The van der Waals surface area contributed by atoms with Crippen molar-refractivity contribution in [1.82, 2.24) is 0 Å². The fourth-order valence-electron chi connectivity index (χ4n) is 6.08. The van der Waals surface area contributed by atoms with Crippen molar-refractivity contribution in [3.05, 3.63) is 102 Å². The van der Waals surface area contributed by atoms with Gasteiger partial charge < -0.3 is 4.43 Å². The van der Waals surface area contributed by atoms with Gasteiger partial charge in [-0.3, -0.25) is 0 Å². The van der Waals surface area contributed by atoms with E-state index in [4.69, 9.17) is 4.43 Å². The van der Waals surface area contributed by atoms with Crippen LogP contribution in [0.5, 0.6) is 5.75 Å². The molecule has 0 fully saturated rings. The van der Waals surface area contributed by atoms with Crippen molar-refractivity contribution >= 4 is 18.7 Å². The lowest BCUT2D eigenvalue weighted by molar-refractivity contribution is 0.204. The maximum Gasteiger partial charge on any atom is 0.319 e. The molecule has 1 atom stereocenters. The van der Waals surface area contributed by atoms with Crippen LogP contribution in [0.1, 0.15) is 66.4 Å². The van der Waals surface area contributed by atoms with Gasteiger partial charge in [0.05, 0.1) is 0 Å². The first kappa shape index (κ1) is 25.5. The van der Waals surface area contributed by atoms with Crippen molar-refractivity contribution in [1.29, 1.82) is 0 Å². The smallest absolute Gasteiger partial charge is 0.319 e. The van der Waals surface area contributed by atoms with E-state index >= 15 is 0 Å². The van der Waals surface area contributed by atoms with Gasteiger partial charge in [0.25, 0.3) is 0 Å². The van der Waals surface area contributed by atoms with Crippen LogP contribution in [-0.2, 0) is 6.42 Å². The molecule has 35 heavy (non-hydrogen) atoms. The van der Waals surface area contributed by atoms with Gasteiger partial charge in [0.2, 0.25) is 0 Å². The molecule has 2 heteroatoms. The maximum atomic E-state index is 7.17. The summed E-state index contributed by atoms with van der Waals surface area (Å²) in [6, 6.07) is 30.7. The van der Waals surface area contributed by atoms with Crippen LogP contribution in [0, 0.1) is 11.3 Å². The zero-order chi connectivity index (χ0) is 25.1. The normalized spacial score (nSPS) is 18.1. The van der Waals surface area contributed by atoms with E-state index in [-0.39, 0.29) is 5.04 Å². The molecule has 0 radical (unpaired) electrons. The van der Waals surface area contributed by atoms with E-state index in [1.165, 1.54) is 35.2 Å². The third kappa shape index (κ3) is 5.33. The molecule has 0 N–H and O–H groups in total. The highest BCUT2D eigenvalue weighted by Gasteiger charge is 2.52. The van der Waals surface area contributed by atoms with Crippen LogP contribution >= 0.6 is 0 Å². The molecule has 3 aromatic rings. The molecule has 4 rings (SSSR count). The number of rotatable bonds is 7. The minimum Gasteiger partial charge on any atom is -0.534 e. The summed E-state index contributed by atoms with van der Waals surface area (Å²) < 4.78 is 7.17. The summed E-state index contributed by atoms with van der Waals surface area (Å²) in [5, 5.41) is 2.58. The standard InChI is InChI=1S/C33H42OSi/c1-26-14-13-25-33(5,6)31(26)24-21-27-19-22-28(23-20-27)34-35(32(2,3)4,29-15-9-7-10-16-29)30-17-11-8-12-18-30/h7-12,14-20,22-23,31H,13,21,24-25H2,1-6H3/t31-/m1/s1. The first-order valence-electron chi connectivity index (χ1n) is 13.2. The maximum absolute atomic E-state index is 7.17. The van der Waals surface area contributed by atoms with E-state index in [0.717, 1.165) is 12.2 Å². The van der Waals surface area contributed by atoms with Crippen molar-refractivity contribution in [2.45, 2.75) is 72.3 Å². The molecule has 0 unspecified atom stereocenters. The monoisotopic (exact) mass is 482 g/mol. The minimum absolute atomic E-state index is 0.0369. The van der Waals surface area contributed by atoms with Crippen LogP contribution in [0.25, 0.3) is 0 Å². The molecule has 1 aliphatic rings. The zero-order valence-corrected chi connectivity index (χ0v) is 23.5. The number of allylic oxidation sites excluding steroid dienone is 2. The van der Waals surface area contributed by atoms with E-state index in [2.05, 4.69) is 133 Å². The summed E-state index contributed by atoms with van der Waals surface area (Å²) in [5.74, 6) is 1.64. The molecule has 0 heterocycles. The summed E-state index contributed by atoms with van der Waals surface area (Å²) in [6.07, 6.45) is 7.30. The van der Waals surface area contributed by atoms with Crippen molar-refractivity contribution in [3.63, 3.8) is 0 Å². The third-order valence-corrected chi connectivity index (χ3v) is 13.0. The molecule has 0 saturated carbocycles. The van der Waals surface area contributed by atoms with E-state index < -0.39 is 8.32 Å². The Hall–Kier alpha value is -2.58. The van der Waals surface area contributed by atoms with Crippen molar-refractivity contribution in [2.24, 2.45) is 11.3 Å². The summed E-state index contributed by atoms with van der Waals surface area (Å²) in [5.41, 5.74) is 3.37. The van der Waals surface area contributed by atoms with Gasteiger partial charge >= 0.3 is 8.32 Å². The lowest BCUT2D eigenvalue weighted by atomic mass is 9.67. The second kappa shape index (κ2) is 10.2. The Morgan fingerprint density at radius 1 is 0.829 bits per heavy atom.